The van der Waals surface area contributed by atoms with Crippen molar-refractivity contribution in [3.63, 3.8) is 0 Å². The van der Waals surface area contributed by atoms with Gasteiger partial charge in [-0.1, -0.05) is 36.4 Å². The van der Waals surface area contributed by atoms with E-state index in [1.807, 2.05) is 36.4 Å². The van der Waals surface area contributed by atoms with Gasteiger partial charge in [0.15, 0.2) is 0 Å². The third kappa shape index (κ3) is 4.47. The second kappa shape index (κ2) is 9.04. The highest BCUT2D eigenvalue weighted by atomic mass is 32.2. The number of fused-ring (bicyclic) bond motifs is 4. The first kappa shape index (κ1) is 22.3. The molecule has 1 amide bonds. The summed E-state index contributed by atoms with van der Waals surface area (Å²) in [5.74, 6) is -0.181. The molecule has 3 aromatic rings. The molecule has 1 fully saturated rings. The van der Waals surface area contributed by atoms with E-state index in [2.05, 4.69) is 5.32 Å². The number of amides is 1. The molecule has 8 heteroatoms. The van der Waals surface area contributed by atoms with E-state index in [1.165, 1.54) is 22.5 Å². The van der Waals surface area contributed by atoms with Gasteiger partial charge in [-0.2, -0.15) is 4.31 Å². The number of aromatic nitrogens is 1. The van der Waals surface area contributed by atoms with Crippen molar-refractivity contribution in [3.8, 4) is 0 Å². The summed E-state index contributed by atoms with van der Waals surface area (Å²) in [6, 6.07) is 20.9. The minimum atomic E-state index is -3.69. The maximum absolute atomic E-state index is 13.3. The van der Waals surface area contributed by atoms with Gasteiger partial charge in [0.25, 0.3) is 5.56 Å². The molecule has 3 heterocycles. The maximum Gasteiger partial charge on any atom is 0.250 e. The lowest BCUT2D eigenvalue weighted by Crippen LogP contribution is -2.48. The van der Waals surface area contributed by atoms with Gasteiger partial charge in [0, 0.05) is 49.1 Å². The Morgan fingerprint density at radius 1 is 0.912 bits per heavy atom. The Morgan fingerprint density at radius 2 is 1.68 bits per heavy atom. The molecular weight excluding hydrogens is 450 g/mol. The molecule has 0 saturated carbocycles. The number of nitrogens with zero attached hydrogens (tertiary/aromatic N) is 2. The molecule has 174 valence electrons. The number of nitrogens with one attached hydrogen (secondary N) is 1. The predicted octanol–water partition coefficient (Wildman–Crippen LogP) is 3.31. The Balaban J connectivity index is 1.28. The van der Waals surface area contributed by atoms with Crippen LogP contribution >= 0.6 is 0 Å². The van der Waals surface area contributed by atoms with Crippen LogP contribution in [-0.2, 0) is 21.4 Å². The summed E-state index contributed by atoms with van der Waals surface area (Å²) >= 11 is 0. The third-order valence-corrected chi connectivity index (χ3v) is 8.28. The number of carbonyl (C=O) groups is 1. The number of rotatable bonds is 5. The van der Waals surface area contributed by atoms with E-state index in [9.17, 15) is 18.0 Å². The lowest BCUT2D eigenvalue weighted by atomic mass is 9.84. The van der Waals surface area contributed by atoms with Crippen LogP contribution in [-0.4, -0.2) is 36.3 Å². The van der Waals surface area contributed by atoms with Gasteiger partial charge in [0.1, 0.15) is 0 Å². The molecule has 2 aromatic carbocycles. The van der Waals surface area contributed by atoms with E-state index in [1.54, 1.807) is 34.9 Å². The highest BCUT2D eigenvalue weighted by molar-refractivity contribution is 7.89. The molecule has 1 saturated heterocycles. The number of pyridine rings is 1. The number of hydrogen-bond acceptors (Lipinski definition) is 4. The van der Waals surface area contributed by atoms with E-state index in [-0.39, 0.29) is 28.2 Å². The summed E-state index contributed by atoms with van der Waals surface area (Å²) in [5.41, 5.74) is 2.31. The second-order valence-corrected chi connectivity index (χ2v) is 10.7. The van der Waals surface area contributed by atoms with Crippen LogP contribution in [0.15, 0.2) is 88.6 Å². The lowest BCUT2D eigenvalue weighted by Gasteiger charge is -2.42. The minimum Gasteiger partial charge on any atom is -0.323 e. The number of benzene rings is 2. The summed E-state index contributed by atoms with van der Waals surface area (Å²) in [7, 11) is -3.69. The maximum atomic E-state index is 13.3. The summed E-state index contributed by atoms with van der Waals surface area (Å²) in [6.45, 7) is 1.28. The fraction of sp³-hybridized carbons (Fsp3) is 0.231. The Hall–Kier alpha value is -3.49. The number of piperidine rings is 1. The zero-order chi connectivity index (χ0) is 23.7. The Morgan fingerprint density at radius 3 is 2.44 bits per heavy atom. The van der Waals surface area contributed by atoms with Crippen LogP contribution < -0.4 is 10.9 Å². The Labute approximate surface area is 198 Å². The number of carbonyl (C=O) groups excluding carboxylic acids is 1. The van der Waals surface area contributed by atoms with Crippen molar-refractivity contribution >= 4 is 27.7 Å². The minimum absolute atomic E-state index is 0.00568. The van der Waals surface area contributed by atoms with Crippen molar-refractivity contribution < 1.29 is 13.2 Å². The molecule has 7 nitrogen and oxygen atoms in total. The molecule has 0 radical (unpaired) electrons. The van der Waals surface area contributed by atoms with Crippen molar-refractivity contribution in [2.45, 2.75) is 23.8 Å². The third-order valence-electron chi connectivity index (χ3n) is 6.43. The fourth-order valence-corrected chi connectivity index (χ4v) is 6.39. The number of anilines is 1. The standard InChI is InChI=1S/C26H25N3O4S/c30-25(14-9-19-5-2-1-3-6-19)27-22-10-12-23(13-11-22)34(32,33)28-16-20-15-21(18-28)24-7-4-8-26(31)29(24)17-20/h1-14,20-21H,15-18H2,(H,27,30)/b14-9-/t20-,21-/m0/s1. The van der Waals surface area contributed by atoms with E-state index in [0.29, 0.717) is 25.3 Å². The monoisotopic (exact) mass is 475 g/mol. The molecule has 0 spiro atoms. The van der Waals surface area contributed by atoms with Crippen LogP contribution in [0.25, 0.3) is 6.08 Å². The van der Waals surface area contributed by atoms with Crippen LogP contribution in [0.5, 0.6) is 0 Å². The lowest BCUT2D eigenvalue weighted by molar-refractivity contribution is -0.111. The van der Waals surface area contributed by atoms with E-state index >= 15 is 0 Å². The molecule has 2 aliphatic heterocycles. The molecular formula is C26H25N3O4S. The van der Waals surface area contributed by atoms with Gasteiger partial charge in [0.2, 0.25) is 15.9 Å². The van der Waals surface area contributed by atoms with E-state index < -0.39 is 10.0 Å². The Bertz CT molecular complexity index is 1400. The van der Waals surface area contributed by atoms with Crippen molar-refractivity contribution in [2.75, 3.05) is 18.4 Å². The molecule has 2 bridgehead atoms. The summed E-state index contributed by atoms with van der Waals surface area (Å²) in [5, 5.41) is 2.75. The first-order valence-corrected chi connectivity index (χ1v) is 12.7. The fourth-order valence-electron chi connectivity index (χ4n) is 4.83. The van der Waals surface area contributed by atoms with Crippen molar-refractivity contribution in [1.82, 2.24) is 8.87 Å². The van der Waals surface area contributed by atoms with Crippen molar-refractivity contribution in [3.05, 3.63) is 100 Å². The first-order valence-electron chi connectivity index (χ1n) is 11.2. The normalized spacial score (nSPS) is 20.1. The van der Waals surface area contributed by atoms with Gasteiger partial charge in [-0.05, 0) is 54.3 Å². The van der Waals surface area contributed by atoms with Crippen LogP contribution in [0, 0.1) is 5.92 Å². The largest absolute Gasteiger partial charge is 0.323 e. The predicted molar refractivity (Wildman–Crippen MR) is 131 cm³/mol. The molecule has 1 N–H and O–H groups in total. The Kier molecular flexibility index (Phi) is 5.93. The van der Waals surface area contributed by atoms with Crippen LogP contribution in [0.2, 0.25) is 0 Å². The summed E-state index contributed by atoms with van der Waals surface area (Å²) in [6.07, 6.45) is 4.04. The first-order chi connectivity index (χ1) is 16.4. The van der Waals surface area contributed by atoms with Gasteiger partial charge in [-0.15, -0.1) is 0 Å². The van der Waals surface area contributed by atoms with Crippen molar-refractivity contribution in [2.24, 2.45) is 5.92 Å². The quantitative estimate of drug-likeness (QED) is 0.574. The van der Waals surface area contributed by atoms with Gasteiger partial charge < -0.3 is 9.88 Å². The van der Waals surface area contributed by atoms with Crippen molar-refractivity contribution in [1.29, 1.82) is 0 Å². The summed E-state index contributed by atoms with van der Waals surface area (Å²) < 4.78 is 30.0. The van der Waals surface area contributed by atoms with Crippen LogP contribution in [0.1, 0.15) is 23.6 Å². The highest BCUT2D eigenvalue weighted by Crippen LogP contribution is 2.37. The zero-order valence-electron chi connectivity index (χ0n) is 18.5. The second-order valence-electron chi connectivity index (χ2n) is 8.78. The smallest absolute Gasteiger partial charge is 0.250 e. The van der Waals surface area contributed by atoms with Crippen LogP contribution in [0.4, 0.5) is 5.69 Å². The average molecular weight is 476 g/mol. The molecule has 0 unspecified atom stereocenters. The number of hydrogen-bond donors (Lipinski definition) is 1. The van der Waals surface area contributed by atoms with Gasteiger partial charge in [-0.25, -0.2) is 8.42 Å². The van der Waals surface area contributed by atoms with Gasteiger partial charge in [0.05, 0.1) is 4.90 Å². The van der Waals surface area contributed by atoms with E-state index in [0.717, 1.165) is 17.7 Å². The summed E-state index contributed by atoms with van der Waals surface area (Å²) in [4.78, 5) is 24.6. The van der Waals surface area contributed by atoms with E-state index in [4.69, 9.17) is 0 Å². The molecule has 2 atom stereocenters. The van der Waals surface area contributed by atoms with Gasteiger partial charge >= 0.3 is 0 Å². The SMILES string of the molecule is O=C(/C=C\c1ccccc1)Nc1ccc(S(=O)(=O)N2C[C@@H]3C[C@@H](C2)c2cccc(=O)n2C3)cc1. The zero-order valence-corrected chi connectivity index (χ0v) is 19.3. The molecule has 5 rings (SSSR count). The molecule has 34 heavy (non-hydrogen) atoms. The number of sulfonamides is 1. The molecule has 2 aliphatic rings. The van der Waals surface area contributed by atoms with Gasteiger partial charge in [-0.3, -0.25) is 9.59 Å². The molecule has 1 aromatic heterocycles. The highest BCUT2D eigenvalue weighted by Gasteiger charge is 2.39. The average Bonchev–Trinajstić information content (AvgIpc) is 2.84. The van der Waals surface area contributed by atoms with Crippen LogP contribution in [0.3, 0.4) is 0 Å². The molecule has 0 aliphatic carbocycles. The topological polar surface area (TPSA) is 88.5 Å².